The summed E-state index contributed by atoms with van der Waals surface area (Å²) in [5, 5.41) is 1.39. The zero-order valence-electron chi connectivity index (χ0n) is 19.7. The molecule has 0 amide bonds. The van der Waals surface area contributed by atoms with E-state index in [9.17, 15) is 4.39 Å². The number of para-hydroxylation sites is 1. The van der Waals surface area contributed by atoms with Crippen LogP contribution in [0.15, 0.2) is 95.3 Å². The van der Waals surface area contributed by atoms with Gasteiger partial charge in [0.15, 0.2) is 4.34 Å². The molecule has 0 spiro atoms. The largest absolute Gasteiger partial charge is 0.496 e. The highest BCUT2D eigenvalue weighted by Crippen LogP contribution is 2.38. The molecule has 7 heteroatoms. The molecule has 37 heavy (non-hydrogen) atoms. The third-order valence-corrected chi connectivity index (χ3v) is 8.60. The minimum Gasteiger partial charge on any atom is -0.496 e. The topological polar surface area (TPSA) is 35.0 Å². The monoisotopic (exact) mass is 542 g/mol. The molecular weight excluding hydrogens is 523 g/mol. The molecule has 3 nitrogen and oxygen atoms in total. The molecule has 0 fully saturated rings. The van der Waals surface area contributed by atoms with Gasteiger partial charge in [0.1, 0.15) is 11.6 Å². The summed E-state index contributed by atoms with van der Waals surface area (Å²) in [5.74, 6) is 1.21. The van der Waals surface area contributed by atoms with Gasteiger partial charge in [-0.2, -0.15) is 0 Å². The van der Waals surface area contributed by atoms with E-state index in [1.165, 1.54) is 10.8 Å². The number of hydrogen-bond acceptors (Lipinski definition) is 5. The first kappa shape index (κ1) is 23.9. The Morgan fingerprint density at radius 1 is 0.865 bits per heavy atom. The normalized spacial score (nSPS) is 11.3. The van der Waals surface area contributed by atoms with Crippen LogP contribution in [0.5, 0.6) is 5.75 Å². The number of thioether (sulfide) groups is 1. The maximum Gasteiger partial charge on any atom is 0.151 e. The molecule has 0 aliphatic heterocycles. The number of fused-ring (bicyclic) bond motifs is 2. The fraction of sp³-hybridized carbons (Fsp3) is 0.0667. The minimum atomic E-state index is -0.288. The summed E-state index contributed by atoms with van der Waals surface area (Å²) < 4.78 is 22.7. The van der Waals surface area contributed by atoms with Crippen LogP contribution in [-0.4, -0.2) is 17.1 Å². The van der Waals surface area contributed by atoms with Gasteiger partial charge in [-0.25, -0.2) is 14.4 Å². The Kier molecular flexibility index (Phi) is 6.55. The average molecular weight is 543 g/mol. The van der Waals surface area contributed by atoms with E-state index in [0.717, 1.165) is 48.9 Å². The van der Waals surface area contributed by atoms with Crippen molar-refractivity contribution in [3.63, 3.8) is 0 Å². The third kappa shape index (κ3) is 4.80. The van der Waals surface area contributed by atoms with Gasteiger partial charge < -0.3 is 4.74 Å². The van der Waals surface area contributed by atoms with E-state index < -0.39 is 0 Å². The van der Waals surface area contributed by atoms with Gasteiger partial charge >= 0.3 is 0 Å². The molecule has 0 saturated carbocycles. The standard InChI is InChI=1S/C30H20ClFN2OS2/c1-35-28-13-10-18(14-19(28)17-36-30-34-26-8-4-5-9-29(26)37-30)27-16-22(21-6-2-3-7-24(21)32)23-15-20(31)11-12-25(23)33-27/h2-16H,17H2,1H3. The lowest BCUT2D eigenvalue weighted by molar-refractivity contribution is 0.411. The van der Waals surface area contributed by atoms with E-state index in [4.69, 9.17) is 26.3 Å². The number of aromatic nitrogens is 2. The summed E-state index contributed by atoms with van der Waals surface area (Å²) in [6, 6.07) is 28.4. The molecule has 6 rings (SSSR count). The van der Waals surface area contributed by atoms with Gasteiger partial charge in [-0.05, 0) is 66.2 Å². The Balaban J connectivity index is 1.41. The van der Waals surface area contributed by atoms with Gasteiger partial charge in [-0.1, -0.05) is 53.7 Å². The van der Waals surface area contributed by atoms with Crippen LogP contribution >= 0.6 is 34.7 Å². The molecule has 0 aliphatic rings. The average Bonchev–Trinajstić information content (AvgIpc) is 3.35. The summed E-state index contributed by atoms with van der Waals surface area (Å²) >= 11 is 9.67. The van der Waals surface area contributed by atoms with Gasteiger partial charge in [-0.15, -0.1) is 11.3 Å². The Hall–Kier alpha value is -3.45. The van der Waals surface area contributed by atoms with Crippen molar-refractivity contribution < 1.29 is 9.13 Å². The molecule has 0 saturated heterocycles. The van der Waals surface area contributed by atoms with Crippen LogP contribution in [-0.2, 0) is 5.75 Å². The fourth-order valence-corrected chi connectivity index (χ4v) is 6.57. The molecule has 2 heterocycles. The molecule has 6 aromatic rings. The molecule has 0 aliphatic carbocycles. The predicted molar refractivity (Wildman–Crippen MR) is 153 cm³/mol. The summed E-state index contributed by atoms with van der Waals surface area (Å²) in [6.45, 7) is 0. The van der Waals surface area contributed by atoms with Gasteiger partial charge in [0.25, 0.3) is 0 Å². The predicted octanol–water partition coefficient (Wildman–Crippen LogP) is 9.27. The van der Waals surface area contributed by atoms with Crippen molar-refractivity contribution in [3.05, 3.63) is 107 Å². The van der Waals surface area contributed by atoms with Crippen molar-refractivity contribution in [1.82, 2.24) is 9.97 Å². The lowest BCUT2D eigenvalue weighted by atomic mass is 9.97. The van der Waals surface area contributed by atoms with Crippen LogP contribution < -0.4 is 4.74 Å². The van der Waals surface area contributed by atoms with Crippen LogP contribution in [0.3, 0.4) is 0 Å². The van der Waals surface area contributed by atoms with Crippen molar-refractivity contribution >= 4 is 55.8 Å². The molecule has 0 atom stereocenters. The number of benzene rings is 4. The molecule has 0 bridgehead atoms. The number of nitrogens with zero attached hydrogens (tertiary/aromatic N) is 2. The van der Waals surface area contributed by atoms with Gasteiger partial charge in [0, 0.05) is 32.9 Å². The molecule has 0 unspecified atom stereocenters. The summed E-state index contributed by atoms with van der Waals surface area (Å²) in [7, 11) is 1.68. The number of ether oxygens (including phenoxy) is 1. The Bertz CT molecular complexity index is 1740. The van der Waals surface area contributed by atoms with Crippen LogP contribution in [0, 0.1) is 5.82 Å². The number of hydrogen-bond donors (Lipinski definition) is 0. The second-order valence-electron chi connectivity index (χ2n) is 8.46. The highest BCUT2D eigenvalue weighted by molar-refractivity contribution is 8.00. The first-order chi connectivity index (χ1) is 18.1. The first-order valence-electron chi connectivity index (χ1n) is 11.6. The molecule has 2 aromatic heterocycles. The summed E-state index contributed by atoms with van der Waals surface area (Å²) in [6.07, 6.45) is 0. The van der Waals surface area contributed by atoms with E-state index in [1.807, 2.05) is 54.6 Å². The Morgan fingerprint density at radius 3 is 2.54 bits per heavy atom. The van der Waals surface area contributed by atoms with Crippen molar-refractivity contribution in [2.24, 2.45) is 0 Å². The minimum absolute atomic E-state index is 0.288. The summed E-state index contributed by atoms with van der Waals surface area (Å²) in [5.41, 5.74) is 5.74. The zero-order chi connectivity index (χ0) is 25.4. The first-order valence-corrected chi connectivity index (χ1v) is 13.8. The van der Waals surface area contributed by atoms with Gasteiger partial charge in [0.2, 0.25) is 0 Å². The van der Waals surface area contributed by atoms with Crippen LogP contribution in [0.25, 0.3) is 43.5 Å². The molecule has 0 N–H and O–H groups in total. The molecule has 182 valence electrons. The second kappa shape index (κ2) is 10.1. The maximum atomic E-state index is 14.9. The Labute approximate surface area is 226 Å². The quantitative estimate of drug-likeness (QED) is 0.196. The smallest absolute Gasteiger partial charge is 0.151 e. The lowest BCUT2D eigenvalue weighted by Crippen LogP contribution is -1.95. The van der Waals surface area contributed by atoms with E-state index in [0.29, 0.717) is 16.3 Å². The van der Waals surface area contributed by atoms with Gasteiger partial charge in [0.05, 0.1) is 28.5 Å². The van der Waals surface area contributed by atoms with Crippen molar-refractivity contribution in [3.8, 4) is 28.1 Å². The fourth-order valence-electron chi connectivity index (χ4n) is 4.35. The van der Waals surface area contributed by atoms with E-state index in [2.05, 4.69) is 12.1 Å². The van der Waals surface area contributed by atoms with Crippen LogP contribution in [0.1, 0.15) is 5.56 Å². The van der Waals surface area contributed by atoms with E-state index in [-0.39, 0.29) is 5.82 Å². The number of halogens is 2. The third-order valence-electron chi connectivity index (χ3n) is 6.14. The van der Waals surface area contributed by atoms with Gasteiger partial charge in [-0.3, -0.25) is 0 Å². The van der Waals surface area contributed by atoms with Crippen LogP contribution in [0.4, 0.5) is 4.39 Å². The molecule has 4 aromatic carbocycles. The van der Waals surface area contributed by atoms with E-state index >= 15 is 0 Å². The zero-order valence-corrected chi connectivity index (χ0v) is 22.1. The number of methoxy groups -OCH3 is 1. The lowest BCUT2D eigenvalue weighted by Gasteiger charge is -2.13. The molecular formula is C30H20ClFN2OS2. The highest BCUT2D eigenvalue weighted by atomic mass is 35.5. The van der Waals surface area contributed by atoms with E-state index in [1.54, 1.807) is 48.4 Å². The SMILES string of the molecule is COc1ccc(-c2cc(-c3ccccc3F)c3cc(Cl)ccc3n2)cc1CSc1nc2ccccc2s1. The van der Waals surface area contributed by atoms with Crippen LogP contribution in [0.2, 0.25) is 5.02 Å². The second-order valence-corrected chi connectivity index (χ2v) is 11.1. The number of thiazole rings is 1. The van der Waals surface area contributed by atoms with Crippen molar-refractivity contribution in [2.45, 2.75) is 10.1 Å². The van der Waals surface area contributed by atoms with Crippen molar-refractivity contribution in [2.75, 3.05) is 7.11 Å². The Morgan fingerprint density at radius 2 is 1.70 bits per heavy atom. The van der Waals surface area contributed by atoms with Crippen molar-refractivity contribution in [1.29, 1.82) is 0 Å². The molecule has 0 radical (unpaired) electrons. The number of pyridine rings is 1. The number of rotatable bonds is 6. The maximum absolute atomic E-state index is 14.9. The highest BCUT2D eigenvalue weighted by Gasteiger charge is 2.15. The summed E-state index contributed by atoms with van der Waals surface area (Å²) in [4.78, 5) is 9.65.